The molecule has 3 heterocycles. The van der Waals surface area contributed by atoms with Crippen LogP contribution in [-0.4, -0.2) is 32.0 Å². The molecule has 5 nitrogen and oxygen atoms in total. The van der Waals surface area contributed by atoms with E-state index in [1.54, 1.807) is 17.7 Å². The molecule has 0 saturated heterocycles. The van der Waals surface area contributed by atoms with Gasteiger partial charge in [-0.25, -0.2) is 4.98 Å². The molecule has 0 radical (unpaired) electrons. The van der Waals surface area contributed by atoms with Crippen molar-refractivity contribution in [2.75, 3.05) is 6.54 Å². The van der Waals surface area contributed by atoms with E-state index in [0.717, 1.165) is 37.2 Å². The monoisotopic (exact) mass is 482 g/mol. The maximum atomic E-state index is 12.3. The standard InChI is InChI=1S/C31H38N4O/c1-8-9-29(23(5)15-30-33-24(6)16-31(36)34(30)7)35-13-12-28-26(19-35)17-25(18-32-28)27-14-22(4)20(2)10-11-21(27)3/h8-10,14-18,29H,11-13,19H2,1-7H3/b9-8-,23-15-. The Kier molecular flexibility index (Phi) is 7.70. The minimum absolute atomic E-state index is 0.0348. The van der Waals surface area contributed by atoms with E-state index in [0.29, 0.717) is 5.82 Å². The van der Waals surface area contributed by atoms with Crippen molar-refractivity contribution >= 4 is 11.6 Å². The van der Waals surface area contributed by atoms with Crippen molar-refractivity contribution in [1.29, 1.82) is 0 Å². The Bertz CT molecular complexity index is 1380. The molecule has 2 aromatic rings. The lowest BCUT2D eigenvalue weighted by Crippen LogP contribution is -2.39. The maximum Gasteiger partial charge on any atom is 0.253 e. The normalized spacial score (nSPS) is 18.1. The minimum atomic E-state index is -0.0348. The Morgan fingerprint density at radius 1 is 1.14 bits per heavy atom. The molecule has 1 aliphatic heterocycles. The Morgan fingerprint density at radius 2 is 1.92 bits per heavy atom. The second kappa shape index (κ2) is 10.8. The summed E-state index contributed by atoms with van der Waals surface area (Å²) in [7, 11) is 1.78. The van der Waals surface area contributed by atoms with Crippen LogP contribution in [0.15, 0.2) is 69.7 Å². The van der Waals surface area contributed by atoms with E-state index in [9.17, 15) is 4.79 Å². The van der Waals surface area contributed by atoms with Crippen molar-refractivity contribution in [3.05, 3.63) is 104 Å². The van der Waals surface area contributed by atoms with E-state index < -0.39 is 0 Å². The van der Waals surface area contributed by atoms with Crippen LogP contribution in [0.2, 0.25) is 0 Å². The van der Waals surface area contributed by atoms with Crippen LogP contribution >= 0.6 is 0 Å². The molecule has 2 aromatic heterocycles. The molecule has 1 atom stereocenters. The van der Waals surface area contributed by atoms with E-state index in [2.05, 4.69) is 81.1 Å². The van der Waals surface area contributed by atoms with Gasteiger partial charge in [-0.15, -0.1) is 0 Å². The number of pyridine rings is 1. The van der Waals surface area contributed by atoms with Gasteiger partial charge in [0.1, 0.15) is 5.82 Å². The summed E-state index contributed by atoms with van der Waals surface area (Å²) < 4.78 is 1.61. The van der Waals surface area contributed by atoms with Crippen LogP contribution in [0.5, 0.6) is 0 Å². The van der Waals surface area contributed by atoms with Gasteiger partial charge >= 0.3 is 0 Å². The Balaban J connectivity index is 1.66. The van der Waals surface area contributed by atoms with Crippen LogP contribution in [-0.2, 0) is 20.0 Å². The van der Waals surface area contributed by atoms with Crippen LogP contribution in [0.3, 0.4) is 0 Å². The van der Waals surface area contributed by atoms with Crippen molar-refractivity contribution in [2.45, 2.75) is 67.0 Å². The third-order valence-electron chi connectivity index (χ3n) is 7.43. The second-order valence-corrected chi connectivity index (χ2v) is 10.2. The highest BCUT2D eigenvalue weighted by Gasteiger charge is 2.25. The number of fused-ring (bicyclic) bond motifs is 1. The fraction of sp³-hybridized carbons (Fsp3) is 0.387. The van der Waals surface area contributed by atoms with E-state index in [4.69, 9.17) is 4.98 Å². The number of hydrogen-bond donors (Lipinski definition) is 0. The van der Waals surface area contributed by atoms with Crippen LogP contribution in [0, 0.1) is 6.92 Å². The van der Waals surface area contributed by atoms with Crippen molar-refractivity contribution < 1.29 is 0 Å². The van der Waals surface area contributed by atoms with Crippen molar-refractivity contribution in [2.24, 2.45) is 7.05 Å². The van der Waals surface area contributed by atoms with Crippen LogP contribution in [0.25, 0.3) is 11.6 Å². The summed E-state index contributed by atoms with van der Waals surface area (Å²) in [5, 5.41) is 0. The number of allylic oxidation sites excluding steroid dienone is 7. The topological polar surface area (TPSA) is 51.0 Å². The molecule has 5 heteroatoms. The highest BCUT2D eigenvalue weighted by atomic mass is 16.1. The lowest BCUT2D eigenvalue weighted by Gasteiger charge is -2.34. The molecule has 2 aliphatic rings. The average Bonchev–Trinajstić information content (AvgIpc) is 2.98. The van der Waals surface area contributed by atoms with E-state index >= 15 is 0 Å². The second-order valence-electron chi connectivity index (χ2n) is 10.2. The third kappa shape index (κ3) is 5.41. The summed E-state index contributed by atoms with van der Waals surface area (Å²) in [5.74, 6) is 0.690. The SMILES string of the molecule is C/C=C\C(/C(C)=C\c1nc(C)cc(=O)n1C)N1CCc2ncc(C3=C(C)CC=C(C)C(C)=C3)cc2C1. The molecule has 0 aromatic carbocycles. The molecular weight excluding hydrogens is 444 g/mol. The molecule has 188 valence electrons. The largest absolute Gasteiger partial charge is 0.296 e. The van der Waals surface area contributed by atoms with Gasteiger partial charge < -0.3 is 0 Å². The summed E-state index contributed by atoms with van der Waals surface area (Å²) in [5.41, 5.74) is 10.9. The van der Waals surface area contributed by atoms with Gasteiger partial charge in [-0.3, -0.25) is 19.2 Å². The predicted octanol–water partition coefficient (Wildman–Crippen LogP) is 5.96. The highest BCUT2D eigenvalue weighted by Crippen LogP contribution is 2.31. The minimum Gasteiger partial charge on any atom is -0.296 e. The maximum absolute atomic E-state index is 12.3. The van der Waals surface area contributed by atoms with Gasteiger partial charge in [-0.1, -0.05) is 35.5 Å². The summed E-state index contributed by atoms with van der Waals surface area (Å²) in [6, 6.07) is 4.04. The first-order chi connectivity index (χ1) is 17.2. The van der Waals surface area contributed by atoms with Crippen LogP contribution in [0.1, 0.15) is 69.4 Å². The molecule has 0 saturated carbocycles. The molecule has 36 heavy (non-hydrogen) atoms. The van der Waals surface area contributed by atoms with Gasteiger partial charge in [-0.05, 0) is 82.4 Å². The average molecular weight is 483 g/mol. The summed E-state index contributed by atoms with van der Waals surface area (Å²) in [6.07, 6.45) is 15.0. The molecule has 4 rings (SSSR count). The van der Waals surface area contributed by atoms with Crippen LogP contribution in [0.4, 0.5) is 0 Å². The van der Waals surface area contributed by atoms with E-state index in [-0.39, 0.29) is 11.6 Å². The van der Waals surface area contributed by atoms with Crippen LogP contribution < -0.4 is 5.56 Å². The highest BCUT2D eigenvalue weighted by molar-refractivity contribution is 5.78. The zero-order valence-corrected chi connectivity index (χ0v) is 22.7. The number of aryl methyl sites for hydroxylation is 1. The number of hydrogen-bond acceptors (Lipinski definition) is 4. The first kappa shape index (κ1) is 25.8. The lowest BCUT2D eigenvalue weighted by atomic mass is 9.94. The molecule has 0 N–H and O–H groups in total. The zero-order chi connectivity index (χ0) is 26.0. The van der Waals surface area contributed by atoms with Gasteiger partial charge in [0.2, 0.25) is 0 Å². The first-order valence-electron chi connectivity index (χ1n) is 12.8. The molecule has 0 bridgehead atoms. The molecule has 0 spiro atoms. The molecule has 0 amide bonds. The quantitative estimate of drug-likeness (QED) is 0.494. The Hall–Kier alpha value is -3.31. The summed E-state index contributed by atoms with van der Waals surface area (Å²) >= 11 is 0. The smallest absolute Gasteiger partial charge is 0.253 e. The van der Waals surface area contributed by atoms with E-state index in [1.807, 2.05) is 13.0 Å². The predicted molar refractivity (Wildman–Crippen MR) is 150 cm³/mol. The molecule has 1 unspecified atom stereocenters. The van der Waals surface area contributed by atoms with Crippen molar-refractivity contribution in [3.63, 3.8) is 0 Å². The van der Waals surface area contributed by atoms with E-state index in [1.165, 1.54) is 39.1 Å². The lowest BCUT2D eigenvalue weighted by molar-refractivity contribution is 0.230. The van der Waals surface area contributed by atoms with Gasteiger partial charge in [-0.2, -0.15) is 0 Å². The number of nitrogens with zero attached hydrogens (tertiary/aromatic N) is 4. The number of rotatable bonds is 5. The van der Waals surface area contributed by atoms with Crippen molar-refractivity contribution in [1.82, 2.24) is 19.4 Å². The molecule has 0 fully saturated rings. The molecular formula is C31H38N4O. The zero-order valence-electron chi connectivity index (χ0n) is 22.7. The number of aromatic nitrogens is 3. The third-order valence-corrected chi connectivity index (χ3v) is 7.43. The summed E-state index contributed by atoms with van der Waals surface area (Å²) in [4.78, 5) is 24.3. The Labute approximate surface area is 215 Å². The van der Waals surface area contributed by atoms with Gasteiger partial charge in [0.05, 0.1) is 0 Å². The first-order valence-corrected chi connectivity index (χ1v) is 12.8. The Morgan fingerprint density at radius 3 is 2.67 bits per heavy atom. The fourth-order valence-electron chi connectivity index (χ4n) is 5.03. The van der Waals surface area contributed by atoms with Gasteiger partial charge in [0.25, 0.3) is 5.56 Å². The molecule has 1 aliphatic carbocycles. The van der Waals surface area contributed by atoms with Gasteiger partial charge in [0.15, 0.2) is 0 Å². The summed E-state index contributed by atoms with van der Waals surface area (Å²) in [6.45, 7) is 14.4. The van der Waals surface area contributed by atoms with Gasteiger partial charge in [0, 0.05) is 61.8 Å². The van der Waals surface area contributed by atoms with Crippen molar-refractivity contribution in [3.8, 4) is 0 Å². The fourth-order valence-corrected chi connectivity index (χ4v) is 5.03.